The minimum Gasteiger partial charge on any atom is -0.319 e. The van der Waals surface area contributed by atoms with Crippen LogP contribution in [0.25, 0.3) is 0 Å². The maximum Gasteiger partial charge on any atom is 0.321 e. The molecule has 2 N–H and O–H groups in total. The number of likely N-dealkylation sites (N-methyl/N-ethyl adjacent to an activating group) is 1. The number of nitrogens with one attached hydrogen (secondary N) is 2. The molecule has 3 amide bonds. The fraction of sp³-hybridized carbons (Fsp3) is 0.545. The molecule has 0 spiro atoms. The van der Waals surface area contributed by atoms with Crippen LogP contribution in [0.3, 0.4) is 0 Å². The van der Waals surface area contributed by atoms with E-state index in [2.05, 4.69) is 53.2 Å². The summed E-state index contributed by atoms with van der Waals surface area (Å²) in [5, 5.41) is 10.2. The number of anilines is 1. The summed E-state index contributed by atoms with van der Waals surface area (Å²) < 4.78 is 0. The number of piperazine rings is 1. The molecule has 2 aromatic heterocycles. The van der Waals surface area contributed by atoms with E-state index in [9.17, 15) is 9.59 Å². The summed E-state index contributed by atoms with van der Waals surface area (Å²) in [5.41, 5.74) is 1.34. The molecule has 0 aromatic carbocycles. The van der Waals surface area contributed by atoms with Crippen molar-refractivity contribution in [2.45, 2.75) is 58.3 Å². The molecule has 31 heavy (non-hydrogen) atoms. The number of hydrogen-bond donors (Lipinski definition) is 2. The van der Waals surface area contributed by atoms with Crippen LogP contribution < -0.4 is 5.32 Å². The fourth-order valence-corrected chi connectivity index (χ4v) is 4.44. The normalized spacial score (nSPS) is 22.3. The second kappa shape index (κ2) is 7.33. The Morgan fingerprint density at radius 3 is 2.65 bits per heavy atom. The molecule has 2 aliphatic rings. The van der Waals surface area contributed by atoms with Crippen molar-refractivity contribution in [1.82, 2.24) is 29.9 Å². The van der Waals surface area contributed by atoms with E-state index in [1.54, 1.807) is 24.4 Å². The SMILES string of the molecule is C[C@H]1CN(C)C(C)(C)CN1C(=O)N1Cc2c(NC(=O)c3ccccn3)n[nH]c2C1(C)C. The topological polar surface area (TPSA) is 97.5 Å². The largest absolute Gasteiger partial charge is 0.321 e. The Balaban J connectivity index is 1.56. The molecule has 0 aliphatic carbocycles. The molecule has 1 atom stereocenters. The highest BCUT2D eigenvalue weighted by molar-refractivity contribution is 6.02. The summed E-state index contributed by atoms with van der Waals surface area (Å²) in [6.45, 7) is 12.3. The van der Waals surface area contributed by atoms with E-state index >= 15 is 0 Å². The molecule has 0 radical (unpaired) electrons. The first-order valence-electron chi connectivity index (χ1n) is 10.6. The minimum atomic E-state index is -0.569. The van der Waals surface area contributed by atoms with E-state index in [0.717, 1.165) is 17.8 Å². The van der Waals surface area contributed by atoms with E-state index in [4.69, 9.17) is 0 Å². The van der Waals surface area contributed by atoms with Crippen LogP contribution >= 0.6 is 0 Å². The number of H-pyrrole nitrogens is 1. The van der Waals surface area contributed by atoms with Gasteiger partial charge in [0.25, 0.3) is 5.91 Å². The molecule has 4 rings (SSSR count). The maximum atomic E-state index is 13.6. The number of carbonyl (C=O) groups is 2. The van der Waals surface area contributed by atoms with Gasteiger partial charge in [-0.25, -0.2) is 4.79 Å². The molecule has 0 unspecified atom stereocenters. The molecular formula is C22H31N7O2. The number of pyridine rings is 1. The lowest BCUT2D eigenvalue weighted by molar-refractivity contribution is 0.00695. The highest BCUT2D eigenvalue weighted by Gasteiger charge is 2.47. The zero-order valence-corrected chi connectivity index (χ0v) is 19.1. The molecule has 0 saturated carbocycles. The Hall–Kier alpha value is -2.94. The summed E-state index contributed by atoms with van der Waals surface area (Å²) in [5.74, 6) is 0.118. The van der Waals surface area contributed by atoms with Crippen molar-refractivity contribution in [2.75, 3.05) is 25.5 Å². The molecule has 9 heteroatoms. The number of fused-ring (bicyclic) bond motifs is 1. The summed E-state index contributed by atoms with van der Waals surface area (Å²) in [6, 6.07) is 5.29. The number of aromatic nitrogens is 3. The zero-order valence-electron chi connectivity index (χ0n) is 19.1. The van der Waals surface area contributed by atoms with Crippen LogP contribution in [-0.4, -0.2) is 73.5 Å². The van der Waals surface area contributed by atoms with Crippen LogP contribution in [0.15, 0.2) is 24.4 Å². The summed E-state index contributed by atoms with van der Waals surface area (Å²) in [7, 11) is 2.10. The molecule has 9 nitrogen and oxygen atoms in total. The van der Waals surface area contributed by atoms with Crippen LogP contribution in [0.4, 0.5) is 10.6 Å². The molecular weight excluding hydrogens is 394 g/mol. The van der Waals surface area contributed by atoms with Crippen molar-refractivity contribution in [3.8, 4) is 0 Å². The van der Waals surface area contributed by atoms with Crippen molar-refractivity contribution in [1.29, 1.82) is 0 Å². The van der Waals surface area contributed by atoms with Gasteiger partial charge in [0.1, 0.15) is 5.69 Å². The van der Waals surface area contributed by atoms with Gasteiger partial charge in [0.15, 0.2) is 5.82 Å². The van der Waals surface area contributed by atoms with Crippen LogP contribution in [-0.2, 0) is 12.1 Å². The highest BCUT2D eigenvalue weighted by Crippen LogP contribution is 2.41. The zero-order chi connectivity index (χ0) is 22.6. The highest BCUT2D eigenvalue weighted by atomic mass is 16.2. The monoisotopic (exact) mass is 425 g/mol. The summed E-state index contributed by atoms with van der Waals surface area (Å²) in [6.07, 6.45) is 1.58. The van der Waals surface area contributed by atoms with Gasteiger partial charge in [-0.05, 0) is 53.8 Å². The van der Waals surface area contributed by atoms with Gasteiger partial charge >= 0.3 is 6.03 Å². The number of carbonyl (C=O) groups excluding carboxylic acids is 2. The lowest BCUT2D eigenvalue weighted by Crippen LogP contribution is -2.65. The molecule has 4 heterocycles. The summed E-state index contributed by atoms with van der Waals surface area (Å²) >= 11 is 0. The second-order valence-electron chi connectivity index (χ2n) is 9.69. The number of urea groups is 1. The first-order valence-corrected chi connectivity index (χ1v) is 10.6. The number of hydrogen-bond acceptors (Lipinski definition) is 5. The lowest BCUT2D eigenvalue weighted by atomic mass is 9.96. The van der Waals surface area contributed by atoms with Gasteiger partial charge in [-0.15, -0.1) is 0 Å². The Bertz CT molecular complexity index is 999. The van der Waals surface area contributed by atoms with Crippen molar-refractivity contribution in [3.05, 3.63) is 41.3 Å². The first kappa shape index (κ1) is 21.3. The van der Waals surface area contributed by atoms with Gasteiger partial charge in [0, 0.05) is 36.4 Å². The van der Waals surface area contributed by atoms with Crippen molar-refractivity contribution >= 4 is 17.8 Å². The number of nitrogens with zero attached hydrogens (tertiary/aromatic N) is 5. The standard InChI is InChI=1S/C22H31N7O2/c1-14-11-27(6)21(2,3)13-28(14)20(31)29-12-15-17(22(29,4)5)25-26-18(15)24-19(30)16-9-7-8-10-23-16/h7-10,14H,11-13H2,1-6H3,(H2,24,25,26,30)/t14-/m0/s1. The Morgan fingerprint density at radius 1 is 1.23 bits per heavy atom. The van der Waals surface area contributed by atoms with E-state index in [0.29, 0.717) is 24.6 Å². The Kier molecular flexibility index (Phi) is 5.04. The maximum absolute atomic E-state index is 13.6. The van der Waals surface area contributed by atoms with Crippen LogP contribution in [0.2, 0.25) is 0 Å². The third-order valence-electron chi connectivity index (χ3n) is 6.74. The van der Waals surface area contributed by atoms with Crippen LogP contribution in [0.1, 0.15) is 56.4 Å². The Morgan fingerprint density at radius 2 is 1.97 bits per heavy atom. The van der Waals surface area contributed by atoms with E-state index in [-0.39, 0.29) is 23.5 Å². The Labute approximate surface area is 182 Å². The molecule has 166 valence electrons. The smallest absolute Gasteiger partial charge is 0.319 e. The van der Waals surface area contributed by atoms with Crippen molar-refractivity contribution < 1.29 is 9.59 Å². The number of amides is 3. The van der Waals surface area contributed by atoms with Crippen molar-refractivity contribution in [3.63, 3.8) is 0 Å². The second-order valence-corrected chi connectivity index (χ2v) is 9.69. The van der Waals surface area contributed by atoms with Crippen LogP contribution in [0.5, 0.6) is 0 Å². The average Bonchev–Trinajstić information content (AvgIpc) is 3.23. The predicted octanol–water partition coefficient (Wildman–Crippen LogP) is 2.64. The predicted molar refractivity (Wildman–Crippen MR) is 118 cm³/mol. The van der Waals surface area contributed by atoms with Gasteiger partial charge in [-0.1, -0.05) is 6.07 Å². The molecule has 1 fully saturated rings. The van der Waals surface area contributed by atoms with Gasteiger partial charge in [-0.3, -0.25) is 19.8 Å². The van der Waals surface area contributed by atoms with Gasteiger partial charge < -0.3 is 15.1 Å². The molecule has 2 aliphatic heterocycles. The number of rotatable bonds is 2. The van der Waals surface area contributed by atoms with Gasteiger partial charge in [0.2, 0.25) is 0 Å². The average molecular weight is 426 g/mol. The fourth-order valence-electron chi connectivity index (χ4n) is 4.44. The van der Waals surface area contributed by atoms with Crippen molar-refractivity contribution in [2.24, 2.45) is 0 Å². The van der Waals surface area contributed by atoms with Gasteiger partial charge in [0.05, 0.1) is 17.8 Å². The van der Waals surface area contributed by atoms with E-state index in [1.807, 2.05) is 23.6 Å². The third kappa shape index (κ3) is 3.56. The molecule has 2 aromatic rings. The first-order chi connectivity index (χ1) is 14.5. The van der Waals surface area contributed by atoms with E-state index in [1.165, 1.54) is 0 Å². The third-order valence-corrected chi connectivity index (χ3v) is 6.74. The quantitative estimate of drug-likeness (QED) is 0.771. The number of aromatic amines is 1. The minimum absolute atomic E-state index is 0.00489. The van der Waals surface area contributed by atoms with Crippen LogP contribution in [0, 0.1) is 0 Å². The van der Waals surface area contributed by atoms with E-state index < -0.39 is 5.54 Å². The molecule has 0 bridgehead atoms. The lowest BCUT2D eigenvalue weighted by Gasteiger charge is -2.50. The summed E-state index contributed by atoms with van der Waals surface area (Å²) in [4.78, 5) is 36.4. The van der Waals surface area contributed by atoms with Gasteiger partial charge in [-0.2, -0.15) is 5.10 Å². The molecule has 1 saturated heterocycles.